The van der Waals surface area contributed by atoms with Gasteiger partial charge in [0.25, 0.3) is 18.8 Å². The summed E-state index contributed by atoms with van der Waals surface area (Å²) in [4.78, 5) is 11.9. The Bertz CT molecular complexity index is 574. The number of aromatic nitrogens is 2. The van der Waals surface area contributed by atoms with Crippen molar-refractivity contribution in [2.45, 2.75) is 38.5 Å². The van der Waals surface area contributed by atoms with Crippen LogP contribution in [0.15, 0.2) is 17.4 Å². The molecule has 0 fully saturated rings. The topological polar surface area (TPSA) is 70.7 Å². The number of carbonyl (C=O) groups is 1. The summed E-state index contributed by atoms with van der Waals surface area (Å²) in [5, 5.41) is 16.8. The van der Waals surface area contributed by atoms with Gasteiger partial charge >= 0.3 is 0 Å². The highest BCUT2D eigenvalue weighted by molar-refractivity contribution is 5.92. The number of aliphatic hydroxyl groups is 1. The third-order valence-electron chi connectivity index (χ3n) is 2.95. The van der Waals surface area contributed by atoms with E-state index in [4.69, 9.17) is 0 Å². The molecular formula is C11H12F4N4O2. The van der Waals surface area contributed by atoms with Gasteiger partial charge in [-0.15, -0.1) is 0 Å². The molecule has 1 aliphatic heterocycles. The zero-order chi connectivity index (χ0) is 15.8. The smallest absolute Gasteiger partial charge is 0.287 e. The summed E-state index contributed by atoms with van der Waals surface area (Å²) < 4.78 is 52.1. The molecule has 0 saturated heterocycles. The van der Waals surface area contributed by atoms with Gasteiger partial charge in [-0.05, 0) is 13.0 Å². The second-order valence-electron chi connectivity index (χ2n) is 4.61. The minimum atomic E-state index is -3.43. The predicted molar refractivity (Wildman–Crippen MR) is 62.8 cm³/mol. The number of carbonyl (C=O) groups excluding carboxylic acids is 1. The Morgan fingerprint density at radius 3 is 2.62 bits per heavy atom. The van der Waals surface area contributed by atoms with E-state index in [1.54, 1.807) is 13.0 Å². The fraction of sp³-hybridized carbons (Fsp3) is 0.545. The Kier molecular flexibility index (Phi) is 3.99. The number of aryl methyl sites for hydroxylation is 1. The summed E-state index contributed by atoms with van der Waals surface area (Å²) in [7, 11) is 0. The first-order valence-electron chi connectivity index (χ1n) is 5.93. The number of amides is 1. The SMILES string of the molecule is Cc1ccn(CC(=O)N2N=C(C(F)F)C[C@]2(O)C(F)F)n1. The second-order valence-corrected chi connectivity index (χ2v) is 4.61. The van der Waals surface area contributed by atoms with E-state index < -0.39 is 43.2 Å². The van der Waals surface area contributed by atoms with E-state index in [1.807, 2.05) is 0 Å². The summed E-state index contributed by atoms with van der Waals surface area (Å²) in [6, 6.07) is 1.57. The fourth-order valence-corrected chi connectivity index (χ4v) is 1.91. The normalized spacial score (nSPS) is 22.3. The first-order valence-corrected chi connectivity index (χ1v) is 5.93. The Morgan fingerprint density at radius 1 is 1.48 bits per heavy atom. The average molecular weight is 308 g/mol. The van der Waals surface area contributed by atoms with E-state index in [0.29, 0.717) is 5.69 Å². The van der Waals surface area contributed by atoms with Gasteiger partial charge in [-0.1, -0.05) is 0 Å². The highest BCUT2D eigenvalue weighted by atomic mass is 19.3. The Morgan fingerprint density at radius 2 is 2.14 bits per heavy atom. The maximum atomic E-state index is 12.9. The van der Waals surface area contributed by atoms with Crippen LogP contribution in [-0.2, 0) is 11.3 Å². The van der Waals surface area contributed by atoms with Gasteiger partial charge in [0.15, 0.2) is 0 Å². The summed E-state index contributed by atoms with van der Waals surface area (Å²) >= 11 is 0. The number of hydrogen-bond acceptors (Lipinski definition) is 4. The molecule has 1 N–H and O–H groups in total. The van der Waals surface area contributed by atoms with Gasteiger partial charge in [-0.3, -0.25) is 9.48 Å². The molecule has 2 rings (SSSR count). The molecule has 116 valence electrons. The van der Waals surface area contributed by atoms with Gasteiger partial charge in [-0.25, -0.2) is 17.6 Å². The largest absolute Gasteiger partial charge is 0.364 e. The molecule has 0 spiro atoms. The van der Waals surface area contributed by atoms with Crippen molar-refractivity contribution in [2.75, 3.05) is 0 Å². The number of hydrazone groups is 1. The number of alkyl halides is 4. The maximum absolute atomic E-state index is 12.9. The van der Waals surface area contributed by atoms with Gasteiger partial charge in [0, 0.05) is 12.6 Å². The van der Waals surface area contributed by atoms with Crippen molar-refractivity contribution in [2.24, 2.45) is 5.10 Å². The van der Waals surface area contributed by atoms with Crippen molar-refractivity contribution < 1.29 is 27.5 Å². The molecule has 0 saturated carbocycles. The van der Waals surface area contributed by atoms with E-state index in [1.165, 1.54) is 6.20 Å². The molecule has 0 unspecified atom stereocenters. The quantitative estimate of drug-likeness (QED) is 0.844. The highest BCUT2D eigenvalue weighted by Crippen LogP contribution is 2.33. The molecule has 1 atom stereocenters. The van der Waals surface area contributed by atoms with Crippen LogP contribution in [0.25, 0.3) is 0 Å². The van der Waals surface area contributed by atoms with Gasteiger partial charge in [0.1, 0.15) is 12.3 Å². The van der Waals surface area contributed by atoms with Crippen LogP contribution in [-0.4, -0.2) is 50.1 Å². The van der Waals surface area contributed by atoms with Crippen molar-refractivity contribution >= 4 is 11.6 Å². The summed E-state index contributed by atoms with van der Waals surface area (Å²) in [6.45, 7) is 1.16. The highest BCUT2D eigenvalue weighted by Gasteiger charge is 2.53. The van der Waals surface area contributed by atoms with Crippen LogP contribution in [0.4, 0.5) is 17.6 Å². The third kappa shape index (κ3) is 2.89. The van der Waals surface area contributed by atoms with Crippen molar-refractivity contribution in [1.82, 2.24) is 14.8 Å². The minimum Gasteiger partial charge on any atom is -0.364 e. The van der Waals surface area contributed by atoms with Gasteiger partial charge in [0.05, 0.1) is 5.69 Å². The molecule has 0 bridgehead atoms. The molecule has 21 heavy (non-hydrogen) atoms. The van der Waals surface area contributed by atoms with Gasteiger partial charge in [0.2, 0.25) is 5.72 Å². The fourth-order valence-electron chi connectivity index (χ4n) is 1.91. The van der Waals surface area contributed by atoms with Gasteiger partial charge in [-0.2, -0.15) is 15.2 Å². The lowest BCUT2D eigenvalue weighted by molar-refractivity contribution is -0.192. The van der Waals surface area contributed by atoms with Crippen LogP contribution in [0.3, 0.4) is 0 Å². The zero-order valence-corrected chi connectivity index (χ0v) is 10.9. The minimum absolute atomic E-state index is 0.0240. The van der Waals surface area contributed by atoms with Crippen LogP contribution in [0.5, 0.6) is 0 Å². The Hall–Kier alpha value is -1.97. The molecule has 0 aromatic carbocycles. The van der Waals surface area contributed by atoms with E-state index >= 15 is 0 Å². The number of nitrogens with zero attached hydrogens (tertiary/aromatic N) is 4. The number of halogens is 4. The lowest BCUT2D eigenvalue weighted by atomic mass is 10.1. The molecule has 2 heterocycles. The molecule has 1 aromatic rings. The monoisotopic (exact) mass is 308 g/mol. The zero-order valence-electron chi connectivity index (χ0n) is 10.9. The van der Waals surface area contributed by atoms with E-state index in [-0.39, 0.29) is 5.01 Å². The van der Waals surface area contributed by atoms with Crippen molar-refractivity contribution in [3.05, 3.63) is 18.0 Å². The first-order chi connectivity index (χ1) is 9.74. The van der Waals surface area contributed by atoms with Crippen LogP contribution in [0.2, 0.25) is 0 Å². The Balaban J connectivity index is 2.23. The van der Waals surface area contributed by atoms with E-state index in [2.05, 4.69) is 10.2 Å². The second kappa shape index (κ2) is 5.43. The van der Waals surface area contributed by atoms with E-state index in [0.717, 1.165) is 4.68 Å². The lowest BCUT2D eigenvalue weighted by Gasteiger charge is -2.29. The molecular weight excluding hydrogens is 296 g/mol. The molecule has 1 aliphatic rings. The third-order valence-corrected chi connectivity index (χ3v) is 2.95. The lowest BCUT2D eigenvalue weighted by Crippen LogP contribution is -2.52. The van der Waals surface area contributed by atoms with Crippen molar-refractivity contribution in [3.8, 4) is 0 Å². The maximum Gasteiger partial charge on any atom is 0.287 e. The first kappa shape index (κ1) is 15.4. The molecule has 0 aliphatic carbocycles. The molecule has 1 aromatic heterocycles. The number of rotatable bonds is 4. The van der Waals surface area contributed by atoms with E-state index in [9.17, 15) is 27.5 Å². The summed E-state index contributed by atoms with van der Waals surface area (Å²) in [5.74, 6) is -1.06. The summed E-state index contributed by atoms with van der Waals surface area (Å²) in [6.07, 6.45) is -6.23. The van der Waals surface area contributed by atoms with Crippen LogP contribution < -0.4 is 0 Å². The average Bonchev–Trinajstić information content (AvgIpc) is 2.94. The van der Waals surface area contributed by atoms with Crippen molar-refractivity contribution in [3.63, 3.8) is 0 Å². The van der Waals surface area contributed by atoms with Crippen LogP contribution in [0.1, 0.15) is 12.1 Å². The number of hydrogen-bond donors (Lipinski definition) is 1. The molecule has 1 amide bonds. The molecule has 6 nitrogen and oxygen atoms in total. The van der Waals surface area contributed by atoms with Crippen molar-refractivity contribution in [1.29, 1.82) is 0 Å². The molecule has 0 radical (unpaired) electrons. The summed E-state index contributed by atoms with van der Waals surface area (Å²) in [5.41, 5.74) is -3.42. The molecule has 10 heteroatoms. The van der Waals surface area contributed by atoms with Crippen LogP contribution >= 0.6 is 0 Å². The predicted octanol–water partition coefficient (Wildman–Crippen LogP) is 0.999. The van der Waals surface area contributed by atoms with Crippen LogP contribution in [0, 0.1) is 6.92 Å². The standard InChI is InChI=1S/C11H12F4N4O2/c1-6-2-3-18(16-6)5-8(20)19-11(21,10(14)15)4-7(17-19)9(12)13/h2-3,9-10,21H,4-5H2,1H3/t11-/m0/s1. The Labute approximate surface area is 116 Å². The van der Waals surface area contributed by atoms with Gasteiger partial charge < -0.3 is 5.11 Å².